The van der Waals surface area contributed by atoms with Gasteiger partial charge in [0.15, 0.2) is 11.5 Å². The largest absolute Gasteiger partial charge is 0.486 e. The first-order valence-electron chi connectivity index (χ1n) is 8.25. The van der Waals surface area contributed by atoms with Crippen LogP contribution in [0.4, 0.5) is 0 Å². The first-order chi connectivity index (χ1) is 13.0. The van der Waals surface area contributed by atoms with Gasteiger partial charge in [-0.25, -0.2) is 9.59 Å². The molecule has 144 valence electrons. The van der Waals surface area contributed by atoms with Crippen LogP contribution in [0.2, 0.25) is 0 Å². The summed E-state index contributed by atoms with van der Waals surface area (Å²) in [7, 11) is 0. The molecule has 0 aliphatic carbocycles. The van der Waals surface area contributed by atoms with Crippen LogP contribution in [0.5, 0.6) is 11.5 Å². The molecule has 2 atom stereocenters. The number of nitrogens with one attached hydrogen (secondary N) is 1. The van der Waals surface area contributed by atoms with Crippen molar-refractivity contribution in [3.63, 3.8) is 0 Å². The van der Waals surface area contributed by atoms with Crippen LogP contribution in [-0.4, -0.2) is 53.1 Å². The predicted octanol–water partition coefficient (Wildman–Crippen LogP) is 1.31. The second kappa shape index (κ2) is 10.1. The van der Waals surface area contributed by atoms with Crippen LogP contribution in [0.3, 0.4) is 0 Å². The van der Waals surface area contributed by atoms with E-state index in [9.17, 15) is 5.11 Å². The van der Waals surface area contributed by atoms with Gasteiger partial charge in [-0.05, 0) is 17.7 Å². The molecule has 0 bridgehead atoms. The van der Waals surface area contributed by atoms with Gasteiger partial charge in [0, 0.05) is 13.1 Å². The summed E-state index contributed by atoms with van der Waals surface area (Å²) in [6.45, 7) is 1.65. The van der Waals surface area contributed by atoms with Gasteiger partial charge in [0.25, 0.3) is 0 Å². The van der Waals surface area contributed by atoms with E-state index in [0.717, 1.165) is 17.1 Å². The molecular formula is C19H21NO7. The fourth-order valence-corrected chi connectivity index (χ4v) is 2.34. The quantitative estimate of drug-likeness (QED) is 0.577. The van der Waals surface area contributed by atoms with Gasteiger partial charge in [0.05, 0.1) is 6.10 Å². The Morgan fingerprint density at radius 1 is 1.00 bits per heavy atom. The van der Waals surface area contributed by atoms with Crippen molar-refractivity contribution in [2.45, 2.75) is 12.2 Å². The summed E-state index contributed by atoms with van der Waals surface area (Å²) in [6, 6.07) is 17.3. The molecule has 1 heterocycles. The van der Waals surface area contributed by atoms with Crippen molar-refractivity contribution in [3.8, 4) is 11.5 Å². The van der Waals surface area contributed by atoms with Gasteiger partial charge in [-0.2, -0.15) is 0 Å². The van der Waals surface area contributed by atoms with Crippen molar-refractivity contribution in [3.05, 3.63) is 60.2 Å². The number of aliphatic hydroxyl groups is 1. The number of ether oxygens (including phenoxy) is 2. The molecule has 0 radical (unpaired) electrons. The Morgan fingerprint density at radius 3 is 2.22 bits per heavy atom. The van der Waals surface area contributed by atoms with Crippen molar-refractivity contribution < 1.29 is 34.4 Å². The maximum atomic E-state index is 10.1. The number of benzene rings is 2. The fraction of sp³-hybridized carbons (Fsp3) is 0.263. The molecule has 1 aliphatic heterocycles. The van der Waals surface area contributed by atoms with E-state index in [4.69, 9.17) is 29.3 Å². The highest BCUT2D eigenvalue weighted by Crippen LogP contribution is 2.30. The van der Waals surface area contributed by atoms with Gasteiger partial charge in [0.2, 0.25) is 0 Å². The molecule has 0 fully saturated rings. The molecule has 2 aromatic carbocycles. The van der Waals surface area contributed by atoms with Crippen LogP contribution in [0, 0.1) is 0 Å². The average Bonchev–Trinajstić information content (AvgIpc) is 2.69. The Kier molecular flexibility index (Phi) is 7.60. The molecule has 0 amide bonds. The number of hydrogen-bond acceptors (Lipinski definition) is 6. The van der Waals surface area contributed by atoms with E-state index >= 15 is 0 Å². The van der Waals surface area contributed by atoms with Crippen molar-refractivity contribution in [1.29, 1.82) is 0 Å². The molecule has 4 N–H and O–H groups in total. The Labute approximate surface area is 156 Å². The lowest BCUT2D eigenvalue weighted by molar-refractivity contribution is -0.159. The first-order valence-corrected chi connectivity index (χ1v) is 8.25. The molecule has 0 spiro atoms. The minimum Gasteiger partial charge on any atom is -0.486 e. The summed E-state index contributed by atoms with van der Waals surface area (Å²) in [5.74, 6) is -2.08. The van der Waals surface area contributed by atoms with E-state index in [-0.39, 0.29) is 6.10 Å². The average molecular weight is 375 g/mol. The number of para-hydroxylation sites is 2. The van der Waals surface area contributed by atoms with Crippen LogP contribution in [-0.2, 0) is 9.59 Å². The topological polar surface area (TPSA) is 125 Å². The molecule has 3 rings (SSSR count). The summed E-state index contributed by atoms with van der Waals surface area (Å²) in [5.41, 5.74) is 0.913. The maximum absolute atomic E-state index is 10.1. The number of rotatable bonds is 5. The maximum Gasteiger partial charge on any atom is 0.414 e. The number of aliphatic hydroxyl groups excluding tert-OH is 1. The van der Waals surface area contributed by atoms with Gasteiger partial charge in [0.1, 0.15) is 12.7 Å². The Bertz CT molecular complexity index is 739. The number of fused-ring (bicyclic) bond motifs is 1. The second-order valence-corrected chi connectivity index (χ2v) is 5.69. The van der Waals surface area contributed by atoms with Crippen molar-refractivity contribution >= 4 is 11.9 Å². The lowest BCUT2D eigenvalue weighted by Gasteiger charge is -2.27. The van der Waals surface area contributed by atoms with E-state index in [0.29, 0.717) is 19.7 Å². The predicted molar refractivity (Wildman–Crippen MR) is 95.9 cm³/mol. The van der Waals surface area contributed by atoms with Crippen LogP contribution in [0.25, 0.3) is 0 Å². The zero-order chi connectivity index (χ0) is 19.6. The summed E-state index contributed by atoms with van der Waals surface area (Å²) >= 11 is 0. The zero-order valence-corrected chi connectivity index (χ0v) is 14.4. The van der Waals surface area contributed by atoms with E-state index < -0.39 is 18.0 Å². The highest BCUT2D eigenvalue weighted by molar-refractivity contribution is 6.27. The van der Waals surface area contributed by atoms with Crippen molar-refractivity contribution in [1.82, 2.24) is 5.32 Å². The minimum absolute atomic E-state index is 0.0390. The Balaban J connectivity index is 0.000000380. The van der Waals surface area contributed by atoms with E-state index in [1.807, 2.05) is 54.6 Å². The van der Waals surface area contributed by atoms with Gasteiger partial charge in [-0.3, -0.25) is 0 Å². The normalized spacial score (nSPS) is 15.8. The molecule has 27 heavy (non-hydrogen) atoms. The molecule has 2 aromatic rings. The van der Waals surface area contributed by atoms with E-state index in [1.165, 1.54) is 0 Å². The number of carboxylic acid groups (broad SMARTS) is 2. The van der Waals surface area contributed by atoms with Crippen LogP contribution < -0.4 is 14.8 Å². The zero-order valence-electron chi connectivity index (χ0n) is 14.4. The third-order valence-electron chi connectivity index (χ3n) is 3.64. The molecule has 0 saturated heterocycles. The Morgan fingerprint density at radius 2 is 1.59 bits per heavy atom. The number of aliphatic carboxylic acids is 2. The van der Waals surface area contributed by atoms with E-state index in [2.05, 4.69) is 5.32 Å². The lowest BCUT2D eigenvalue weighted by atomic mass is 10.1. The fourth-order valence-electron chi connectivity index (χ4n) is 2.34. The van der Waals surface area contributed by atoms with Gasteiger partial charge in [-0.1, -0.05) is 42.5 Å². The molecule has 0 aromatic heterocycles. The van der Waals surface area contributed by atoms with Crippen LogP contribution >= 0.6 is 0 Å². The lowest BCUT2D eigenvalue weighted by Crippen LogP contribution is -2.39. The standard InChI is InChI=1S/C17H19NO3.C2H2O4/c19-15(13-6-2-1-3-7-13)11-18-10-14-12-20-16-8-4-5-9-17(16)21-14;3-1(4)2(5)6/h1-9,14-15,18-19H,10-12H2;(H,3,4)(H,5,6). The van der Waals surface area contributed by atoms with Crippen molar-refractivity contribution in [2.24, 2.45) is 0 Å². The number of hydrogen-bond donors (Lipinski definition) is 4. The summed E-state index contributed by atoms with van der Waals surface area (Å²) in [6.07, 6.45) is -0.550. The summed E-state index contributed by atoms with van der Waals surface area (Å²) in [5, 5.41) is 28.1. The summed E-state index contributed by atoms with van der Waals surface area (Å²) < 4.78 is 11.5. The van der Waals surface area contributed by atoms with E-state index in [1.54, 1.807) is 0 Å². The molecule has 8 nitrogen and oxygen atoms in total. The third kappa shape index (κ3) is 6.61. The SMILES string of the molecule is O=C(O)C(=O)O.OC(CNCC1COc2ccccc2O1)c1ccccc1. The molecule has 0 saturated carbocycles. The van der Waals surface area contributed by atoms with Gasteiger partial charge < -0.3 is 30.1 Å². The number of carbonyl (C=O) groups is 2. The molecule has 8 heteroatoms. The Hall–Kier alpha value is -3.10. The smallest absolute Gasteiger partial charge is 0.414 e. The van der Waals surface area contributed by atoms with Gasteiger partial charge >= 0.3 is 11.9 Å². The highest BCUT2D eigenvalue weighted by atomic mass is 16.6. The minimum atomic E-state index is -1.82. The first kappa shape index (κ1) is 20.2. The second-order valence-electron chi connectivity index (χ2n) is 5.69. The third-order valence-corrected chi connectivity index (χ3v) is 3.64. The molecular weight excluding hydrogens is 354 g/mol. The molecule has 2 unspecified atom stereocenters. The van der Waals surface area contributed by atoms with Crippen molar-refractivity contribution in [2.75, 3.05) is 19.7 Å². The number of carboxylic acids is 2. The van der Waals surface area contributed by atoms with Gasteiger partial charge in [-0.15, -0.1) is 0 Å². The van der Waals surface area contributed by atoms with Crippen LogP contribution in [0.15, 0.2) is 54.6 Å². The highest BCUT2D eigenvalue weighted by Gasteiger charge is 2.20. The summed E-state index contributed by atoms with van der Waals surface area (Å²) in [4.78, 5) is 18.2. The molecule has 1 aliphatic rings. The monoisotopic (exact) mass is 375 g/mol. The van der Waals surface area contributed by atoms with Crippen LogP contribution in [0.1, 0.15) is 11.7 Å².